The molecule has 1 aliphatic rings. The largest absolute Gasteiger partial charge is 0.302 e. The Morgan fingerprint density at radius 1 is 1.24 bits per heavy atom. The molecule has 1 aliphatic carbocycles. The molecule has 1 fully saturated rings. The summed E-state index contributed by atoms with van der Waals surface area (Å²) >= 11 is 1.57. The van der Waals surface area contributed by atoms with Gasteiger partial charge in [0.25, 0.3) is 0 Å². The molecule has 0 atom stereocenters. The minimum Gasteiger partial charge on any atom is -0.302 e. The standard InChI is InChI=1S/C17H22N2OS/c1-11-8-14-15(9-12(11)2)21-17(18-14)19-16(20)10-13-6-4-3-5-7-13/h8-9,13H,3-7,10H2,1-2H3,(H,18,19,20). The minimum atomic E-state index is 0.120. The lowest BCUT2D eigenvalue weighted by Crippen LogP contribution is -2.18. The zero-order valence-corrected chi connectivity index (χ0v) is 13.6. The number of fused-ring (bicyclic) bond motifs is 1. The van der Waals surface area contributed by atoms with E-state index in [1.54, 1.807) is 11.3 Å². The van der Waals surface area contributed by atoms with Crippen molar-refractivity contribution in [1.82, 2.24) is 4.98 Å². The van der Waals surface area contributed by atoms with Gasteiger partial charge in [-0.1, -0.05) is 30.6 Å². The molecule has 0 spiro atoms. The fourth-order valence-corrected chi connectivity index (χ4v) is 4.02. The van der Waals surface area contributed by atoms with Crippen LogP contribution in [0.25, 0.3) is 10.2 Å². The monoisotopic (exact) mass is 302 g/mol. The third-order valence-corrected chi connectivity index (χ3v) is 5.38. The Hall–Kier alpha value is -1.42. The first-order valence-electron chi connectivity index (χ1n) is 7.79. The Balaban J connectivity index is 1.68. The van der Waals surface area contributed by atoms with Gasteiger partial charge in [-0.2, -0.15) is 0 Å². The second-order valence-corrected chi connectivity index (χ2v) is 7.21. The maximum atomic E-state index is 12.1. The fourth-order valence-electron chi connectivity index (χ4n) is 3.06. The number of hydrogen-bond acceptors (Lipinski definition) is 3. The van der Waals surface area contributed by atoms with Crippen molar-refractivity contribution in [1.29, 1.82) is 0 Å². The van der Waals surface area contributed by atoms with Crippen molar-refractivity contribution in [2.45, 2.75) is 52.4 Å². The molecule has 1 heterocycles. The molecule has 1 amide bonds. The number of carbonyl (C=O) groups is 1. The van der Waals surface area contributed by atoms with Gasteiger partial charge >= 0.3 is 0 Å². The van der Waals surface area contributed by atoms with Crippen LogP contribution in [0.2, 0.25) is 0 Å². The van der Waals surface area contributed by atoms with Crippen molar-refractivity contribution in [3.63, 3.8) is 0 Å². The molecule has 0 saturated heterocycles. The van der Waals surface area contributed by atoms with Gasteiger partial charge in [-0.25, -0.2) is 4.98 Å². The van der Waals surface area contributed by atoms with Gasteiger partial charge in [0, 0.05) is 6.42 Å². The van der Waals surface area contributed by atoms with Gasteiger partial charge in [0.2, 0.25) is 5.91 Å². The molecule has 0 bridgehead atoms. The molecular weight excluding hydrogens is 280 g/mol. The number of amides is 1. The van der Waals surface area contributed by atoms with Gasteiger partial charge in [-0.3, -0.25) is 4.79 Å². The SMILES string of the molecule is Cc1cc2nc(NC(=O)CC3CCCCC3)sc2cc1C. The van der Waals surface area contributed by atoms with E-state index >= 15 is 0 Å². The molecule has 3 nitrogen and oxygen atoms in total. The highest BCUT2D eigenvalue weighted by atomic mass is 32.1. The average Bonchev–Trinajstić information content (AvgIpc) is 2.81. The zero-order valence-electron chi connectivity index (χ0n) is 12.7. The number of aromatic nitrogens is 1. The maximum Gasteiger partial charge on any atom is 0.226 e. The highest BCUT2D eigenvalue weighted by Crippen LogP contribution is 2.30. The van der Waals surface area contributed by atoms with Crippen molar-refractivity contribution >= 4 is 32.6 Å². The second-order valence-electron chi connectivity index (χ2n) is 6.18. The smallest absolute Gasteiger partial charge is 0.226 e. The predicted octanol–water partition coefficient (Wildman–Crippen LogP) is 4.82. The van der Waals surface area contributed by atoms with Crippen LogP contribution in [-0.4, -0.2) is 10.9 Å². The fraction of sp³-hybridized carbons (Fsp3) is 0.529. The lowest BCUT2D eigenvalue weighted by atomic mass is 9.87. The molecule has 1 saturated carbocycles. The van der Waals surface area contributed by atoms with Crippen molar-refractivity contribution in [2.24, 2.45) is 5.92 Å². The topological polar surface area (TPSA) is 42.0 Å². The molecule has 0 radical (unpaired) electrons. The van der Waals surface area contributed by atoms with Crippen LogP contribution in [0.3, 0.4) is 0 Å². The van der Waals surface area contributed by atoms with Gasteiger partial charge in [0.1, 0.15) is 0 Å². The van der Waals surface area contributed by atoms with Crippen molar-refractivity contribution in [3.05, 3.63) is 23.3 Å². The van der Waals surface area contributed by atoms with Crippen LogP contribution < -0.4 is 5.32 Å². The molecule has 0 unspecified atom stereocenters. The first-order chi connectivity index (χ1) is 10.1. The van der Waals surface area contributed by atoms with Crippen molar-refractivity contribution in [2.75, 3.05) is 5.32 Å². The molecule has 112 valence electrons. The second kappa shape index (κ2) is 6.14. The Morgan fingerprint density at radius 2 is 1.95 bits per heavy atom. The number of rotatable bonds is 3. The molecule has 21 heavy (non-hydrogen) atoms. The summed E-state index contributed by atoms with van der Waals surface area (Å²) in [7, 11) is 0. The van der Waals surface area contributed by atoms with Crippen LogP contribution in [-0.2, 0) is 4.79 Å². The van der Waals surface area contributed by atoms with Crippen LogP contribution in [0.15, 0.2) is 12.1 Å². The number of carbonyl (C=O) groups excluding carboxylic acids is 1. The van der Waals surface area contributed by atoms with E-state index < -0.39 is 0 Å². The van der Waals surface area contributed by atoms with Gasteiger partial charge in [-0.05, 0) is 55.9 Å². The summed E-state index contributed by atoms with van der Waals surface area (Å²) in [5.41, 5.74) is 3.50. The first-order valence-corrected chi connectivity index (χ1v) is 8.61. The summed E-state index contributed by atoms with van der Waals surface area (Å²) in [5.74, 6) is 0.687. The number of anilines is 1. The normalized spacial score (nSPS) is 16.3. The predicted molar refractivity (Wildman–Crippen MR) is 88.9 cm³/mol. The Labute approximate surface area is 129 Å². The Morgan fingerprint density at radius 3 is 2.71 bits per heavy atom. The summed E-state index contributed by atoms with van der Waals surface area (Å²) in [6, 6.07) is 4.25. The van der Waals surface area contributed by atoms with E-state index in [0.29, 0.717) is 12.3 Å². The minimum absolute atomic E-state index is 0.120. The summed E-state index contributed by atoms with van der Waals surface area (Å²) in [4.78, 5) is 16.7. The van der Waals surface area contributed by atoms with Crippen LogP contribution in [0.4, 0.5) is 5.13 Å². The number of thiazole rings is 1. The summed E-state index contributed by atoms with van der Waals surface area (Å²) in [6.07, 6.45) is 6.93. The van der Waals surface area contributed by atoms with E-state index in [-0.39, 0.29) is 5.91 Å². The zero-order chi connectivity index (χ0) is 14.8. The Bertz CT molecular complexity index is 617. The number of benzene rings is 1. The molecule has 1 aromatic carbocycles. The molecule has 2 aromatic rings. The molecule has 1 aromatic heterocycles. The van der Waals surface area contributed by atoms with Crippen molar-refractivity contribution in [3.8, 4) is 0 Å². The van der Waals surface area contributed by atoms with Crippen LogP contribution >= 0.6 is 11.3 Å². The number of nitrogens with zero attached hydrogens (tertiary/aromatic N) is 1. The van der Waals surface area contributed by atoms with E-state index in [1.165, 1.54) is 43.2 Å². The highest BCUT2D eigenvalue weighted by molar-refractivity contribution is 7.22. The third kappa shape index (κ3) is 3.43. The molecule has 4 heteroatoms. The van der Waals surface area contributed by atoms with Gasteiger partial charge in [0.05, 0.1) is 10.2 Å². The lowest BCUT2D eigenvalue weighted by molar-refractivity contribution is -0.117. The average molecular weight is 302 g/mol. The van der Waals surface area contributed by atoms with E-state index in [0.717, 1.165) is 15.3 Å². The summed E-state index contributed by atoms with van der Waals surface area (Å²) in [5, 5.41) is 3.72. The van der Waals surface area contributed by atoms with Gasteiger partial charge in [-0.15, -0.1) is 0 Å². The van der Waals surface area contributed by atoms with Crippen LogP contribution in [0.1, 0.15) is 49.7 Å². The molecular formula is C17H22N2OS. The van der Waals surface area contributed by atoms with E-state index in [2.05, 4.69) is 36.3 Å². The van der Waals surface area contributed by atoms with Crippen molar-refractivity contribution < 1.29 is 4.79 Å². The molecule has 1 N–H and O–H groups in total. The summed E-state index contributed by atoms with van der Waals surface area (Å²) in [6.45, 7) is 4.20. The number of nitrogens with one attached hydrogen (secondary N) is 1. The van der Waals surface area contributed by atoms with E-state index in [1.807, 2.05) is 0 Å². The number of aryl methyl sites for hydroxylation is 2. The number of hydrogen-bond donors (Lipinski definition) is 1. The van der Waals surface area contributed by atoms with Gasteiger partial charge < -0.3 is 5.32 Å². The quantitative estimate of drug-likeness (QED) is 0.883. The molecule has 3 rings (SSSR count). The van der Waals surface area contributed by atoms with E-state index in [4.69, 9.17) is 0 Å². The maximum absolute atomic E-state index is 12.1. The van der Waals surface area contributed by atoms with Gasteiger partial charge in [0.15, 0.2) is 5.13 Å². The van der Waals surface area contributed by atoms with E-state index in [9.17, 15) is 4.79 Å². The highest BCUT2D eigenvalue weighted by Gasteiger charge is 2.18. The van der Waals surface area contributed by atoms with Crippen LogP contribution in [0, 0.1) is 19.8 Å². The first kappa shape index (κ1) is 14.5. The van der Waals surface area contributed by atoms with Crippen LogP contribution in [0.5, 0.6) is 0 Å². The third-order valence-electron chi connectivity index (χ3n) is 4.45. The lowest BCUT2D eigenvalue weighted by Gasteiger charge is -2.20. The summed E-state index contributed by atoms with van der Waals surface area (Å²) < 4.78 is 1.14. The molecule has 0 aliphatic heterocycles. The Kier molecular flexibility index (Phi) is 4.24.